The molecule has 1 saturated heterocycles. The highest BCUT2D eigenvalue weighted by atomic mass is 79.9. The Morgan fingerprint density at radius 2 is 2.00 bits per heavy atom. The quantitative estimate of drug-likeness (QED) is 0.841. The van der Waals surface area contributed by atoms with Crippen LogP contribution in [0.4, 0.5) is 20.6 Å². The number of carbonyl (C=O) groups excluding carboxylic acids is 2. The molecule has 2 aromatic carbocycles. The zero-order chi connectivity index (χ0) is 18.0. The van der Waals surface area contributed by atoms with Gasteiger partial charge in [-0.3, -0.25) is 9.69 Å². The highest BCUT2D eigenvalue weighted by molar-refractivity contribution is 9.10. The first-order valence-electron chi connectivity index (χ1n) is 7.82. The molecular weight excluding hydrogens is 389 g/mol. The third kappa shape index (κ3) is 3.82. The van der Waals surface area contributed by atoms with E-state index in [4.69, 9.17) is 0 Å². The summed E-state index contributed by atoms with van der Waals surface area (Å²) in [5.74, 6) is -0.734. The number of hydrogen-bond donors (Lipinski definition) is 1. The molecule has 0 atom stereocenters. The SMILES string of the molecule is Cc1cc(Br)ccc1NC(=O)CN1CCN(c2ccccc2F)C1=O. The first kappa shape index (κ1) is 17.4. The van der Waals surface area contributed by atoms with Gasteiger partial charge in [0.05, 0.1) is 5.69 Å². The van der Waals surface area contributed by atoms with Gasteiger partial charge >= 0.3 is 6.03 Å². The fraction of sp³-hybridized carbons (Fsp3) is 0.222. The normalized spacial score (nSPS) is 14.1. The second-order valence-electron chi connectivity index (χ2n) is 5.81. The molecule has 1 fully saturated rings. The van der Waals surface area contributed by atoms with Gasteiger partial charge in [-0.05, 0) is 42.8 Å². The Balaban J connectivity index is 1.65. The smallest absolute Gasteiger partial charge is 0.324 e. The topological polar surface area (TPSA) is 52.7 Å². The Morgan fingerprint density at radius 3 is 2.72 bits per heavy atom. The minimum atomic E-state index is -0.451. The lowest BCUT2D eigenvalue weighted by atomic mass is 10.2. The molecule has 0 radical (unpaired) electrons. The molecule has 1 heterocycles. The van der Waals surface area contributed by atoms with Gasteiger partial charge in [-0.25, -0.2) is 9.18 Å². The molecule has 3 amide bonds. The Kier molecular flexibility index (Phi) is 5.03. The predicted molar refractivity (Wildman–Crippen MR) is 98.2 cm³/mol. The fourth-order valence-corrected chi connectivity index (χ4v) is 3.23. The molecule has 7 heteroatoms. The number of urea groups is 1. The Morgan fingerprint density at radius 1 is 1.24 bits per heavy atom. The van der Waals surface area contributed by atoms with Gasteiger partial charge in [-0.15, -0.1) is 0 Å². The Bertz CT molecular complexity index is 828. The molecule has 0 aliphatic carbocycles. The van der Waals surface area contributed by atoms with Crippen LogP contribution >= 0.6 is 15.9 Å². The van der Waals surface area contributed by atoms with E-state index in [1.807, 2.05) is 19.1 Å². The van der Waals surface area contributed by atoms with Crippen molar-refractivity contribution in [2.45, 2.75) is 6.92 Å². The lowest BCUT2D eigenvalue weighted by Crippen LogP contribution is -2.37. The fourth-order valence-electron chi connectivity index (χ4n) is 2.75. The molecule has 25 heavy (non-hydrogen) atoms. The number of aryl methyl sites for hydroxylation is 1. The summed E-state index contributed by atoms with van der Waals surface area (Å²) in [7, 11) is 0. The second-order valence-corrected chi connectivity index (χ2v) is 6.73. The molecule has 0 aromatic heterocycles. The van der Waals surface area contributed by atoms with Gasteiger partial charge in [0.25, 0.3) is 0 Å². The first-order valence-corrected chi connectivity index (χ1v) is 8.62. The van der Waals surface area contributed by atoms with Crippen molar-refractivity contribution in [3.8, 4) is 0 Å². The monoisotopic (exact) mass is 405 g/mol. The van der Waals surface area contributed by atoms with Crippen molar-refractivity contribution in [3.05, 3.63) is 58.3 Å². The minimum Gasteiger partial charge on any atom is -0.324 e. The number of halogens is 2. The first-order chi connectivity index (χ1) is 12.0. The summed E-state index contributed by atoms with van der Waals surface area (Å²) < 4.78 is 14.8. The van der Waals surface area contributed by atoms with E-state index in [0.29, 0.717) is 18.8 Å². The molecule has 2 aromatic rings. The second kappa shape index (κ2) is 7.23. The summed E-state index contributed by atoms with van der Waals surface area (Å²) in [5.41, 5.74) is 1.86. The van der Waals surface area contributed by atoms with Crippen molar-refractivity contribution in [2.75, 3.05) is 29.9 Å². The molecule has 3 rings (SSSR count). The van der Waals surface area contributed by atoms with Crippen LogP contribution in [0.15, 0.2) is 46.9 Å². The largest absolute Gasteiger partial charge is 0.325 e. The maximum atomic E-state index is 13.9. The lowest BCUT2D eigenvalue weighted by molar-refractivity contribution is -0.116. The molecule has 0 unspecified atom stereocenters. The number of carbonyl (C=O) groups is 2. The maximum Gasteiger partial charge on any atom is 0.325 e. The standard InChI is InChI=1S/C18H17BrFN3O2/c1-12-10-13(19)6-7-15(12)21-17(24)11-22-8-9-23(18(22)25)16-5-3-2-4-14(16)20/h2-7,10H,8-9,11H2,1H3,(H,21,24). The zero-order valence-corrected chi connectivity index (χ0v) is 15.2. The van der Waals surface area contributed by atoms with E-state index < -0.39 is 5.82 Å². The van der Waals surface area contributed by atoms with Crippen molar-refractivity contribution in [3.63, 3.8) is 0 Å². The third-order valence-electron chi connectivity index (χ3n) is 4.04. The van der Waals surface area contributed by atoms with E-state index in [2.05, 4.69) is 21.2 Å². The molecule has 130 valence electrons. The van der Waals surface area contributed by atoms with Gasteiger partial charge in [-0.1, -0.05) is 28.1 Å². The Hall–Kier alpha value is -2.41. The van der Waals surface area contributed by atoms with Gasteiger partial charge in [0.2, 0.25) is 5.91 Å². The van der Waals surface area contributed by atoms with Crippen LogP contribution < -0.4 is 10.2 Å². The summed E-state index contributed by atoms with van der Waals surface area (Å²) in [5, 5.41) is 2.80. The van der Waals surface area contributed by atoms with Gasteiger partial charge in [-0.2, -0.15) is 0 Å². The van der Waals surface area contributed by atoms with E-state index in [-0.39, 0.29) is 24.2 Å². The van der Waals surface area contributed by atoms with Crippen molar-refractivity contribution in [2.24, 2.45) is 0 Å². The average molecular weight is 406 g/mol. The van der Waals surface area contributed by atoms with Crippen LogP contribution in [0.25, 0.3) is 0 Å². The summed E-state index contributed by atoms with van der Waals surface area (Å²) in [4.78, 5) is 27.5. The lowest BCUT2D eigenvalue weighted by Gasteiger charge is -2.19. The van der Waals surface area contributed by atoms with Crippen LogP contribution in [0, 0.1) is 12.7 Å². The molecule has 1 aliphatic rings. The van der Waals surface area contributed by atoms with E-state index in [1.165, 1.54) is 15.9 Å². The van der Waals surface area contributed by atoms with Gasteiger partial charge in [0, 0.05) is 23.2 Å². The van der Waals surface area contributed by atoms with Crippen LogP contribution in [0.1, 0.15) is 5.56 Å². The molecule has 1 N–H and O–H groups in total. The number of nitrogens with one attached hydrogen (secondary N) is 1. The van der Waals surface area contributed by atoms with Gasteiger partial charge in [0.1, 0.15) is 12.4 Å². The van der Waals surface area contributed by atoms with Crippen molar-refractivity contribution < 1.29 is 14.0 Å². The van der Waals surface area contributed by atoms with Gasteiger partial charge in [0.15, 0.2) is 0 Å². The molecule has 0 spiro atoms. The van der Waals surface area contributed by atoms with Crippen LogP contribution in [0.5, 0.6) is 0 Å². The summed E-state index contributed by atoms with van der Waals surface area (Å²) in [6.45, 7) is 2.55. The van der Waals surface area contributed by atoms with Crippen molar-refractivity contribution >= 4 is 39.2 Å². The maximum absolute atomic E-state index is 13.9. The number of nitrogens with zero attached hydrogens (tertiary/aromatic N) is 2. The number of anilines is 2. The Labute approximate surface area is 153 Å². The molecule has 1 aliphatic heterocycles. The number of amides is 3. The van der Waals surface area contributed by atoms with E-state index in [1.54, 1.807) is 24.3 Å². The third-order valence-corrected chi connectivity index (χ3v) is 4.53. The molecule has 0 bridgehead atoms. The highest BCUT2D eigenvalue weighted by Crippen LogP contribution is 2.24. The molecule has 0 saturated carbocycles. The molecule has 5 nitrogen and oxygen atoms in total. The van der Waals surface area contributed by atoms with Crippen LogP contribution in [-0.4, -0.2) is 36.5 Å². The van der Waals surface area contributed by atoms with Crippen LogP contribution in [0.2, 0.25) is 0 Å². The summed E-state index contributed by atoms with van der Waals surface area (Å²) in [6, 6.07) is 11.3. The minimum absolute atomic E-state index is 0.0701. The van der Waals surface area contributed by atoms with Gasteiger partial charge < -0.3 is 10.2 Å². The number of hydrogen-bond acceptors (Lipinski definition) is 2. The van der Waals surface area contributed by atoms with E-state index in [9.17, 15) is 14.0 Å². The number of benzene rings is 2. The van der Waals surface area contributed by atoms with Crippen molar-refractivity contribution in [1.29, 1.82) is 0 Å². The average Bonchev–Trinajstić information content (AvgIpc) is 2.91. The van der Waals surface area contributed by atoms with Crippen molar-refractivity contribution in [1.82, 2.24) is 4.90 Å². The highest BCUT2D eigenvalue weighted by Gasteiger charge is 2.32. The number of rotatable bonds is 4. The zero-order valence-electron chi connectivity index (χ0n) is 13.6. The summed E-state index contributed by atoms with van der Waals surface area (Å²) >= 11 is 3.37. The predicted octanol–water partition coefficient (Wildman–Crippen LogP) is 3.78. The molecular formula is C18H17BrFN3O2. The summed E-state index contributed by atoms with van der Waals surface area (Å²) in [6.07, 6.45) is 0. The van der Waals surface area contributed by atoms with Crippen LogP contribution in [-0.2, 0) is 4.79 Å². The number of para-hydroxylation sites is 1. The van der Waals surface area contributed by atoms with E-state index >= 15 is 0 Å². The van der Waals surface area contributed by atoms with Crippen LogP contribution in [0.3, 0.4) is 0 Å². The van der Waals surface area contributed by atoms with E-state index in [0.717, 1.165) is 10.0 Å².